The van der Waals surface area contributed by atoms with Crippen LogP contribution in [0, 0.1) is 41.5 Å². The van der Waals surface area contributed by atoms with Crippen LogP contribution in [0.5, 0.6) is 11.5 Å². The van der Waals surface area contributed by atoms with Gasteiger partial charge in [-0.15, -0.1) is 0 Å². The zero-order valence-electron chi connectivity index (χ0n) is 90.9. The summed E-state index contributed by atoms with van der Waals surface area (Å²) < 4.78 is 25.5. The van der Waals surface area contributed by atoms with Crippen LogP contribution >= 0.6 is 0 Å². The second-order valence-corrected chi connectivity index (χ2v) is 61.5. The third-order valence-electron chi connectivity index (χ3n) is 32.3. The van der Waals surface area contributed by atoms with E-state index in [9.17, 15) is 0 Å². The summed E-state index contributed by atoms with van der Waals surface area (Å²) in [6.07, 6.45) is 12.7. The van der Waals surface area contributed by atoms with Gasteiger partial charge in [-0.2, -0.15) is 0 Å². The fraction of sp³-hybridized carbons (Fsp3) is 0.227. The van der Waals surface area contributed by atoms with Gasteiger partial charge < -0.3 is 19.4 Å². The number of para-hydroxylation sites is 4. The third-order valence-corrected chi connectivity index (χ3v) is 48.4. The average molecular weight is 2110 g/mol. The number of benzene rings is 12. The van der Waals surface area contributed by atoms with Gasteiger partial charge in [0, 0.05) is 109 Å². The van der Waals surface area contributed by atoms with Crippen molar-refractivity contribution < 1.29 is 32.1 Å². The number of hydrogen-bond donors (Lipinski definition) is 0. The van der Waals surface area contributed by atoms with Crippen molar-refractivity contribution in [2.75, 3.05) is 35.8 Å². The Morgan fingerprint density at radius 1 is 0.218 bits per heavy atom. The molecule has 24 rings (SSSR count). The van der Waals surface area contributed by atoms with Gasteiger partial charge in [0.1, 0.15) is 44.3 Å². The molecule has 738 valence electrons. The minimum absolute atomic E-state index is 0.000597. The number of rotatable bonds is 6. The number of nitrogens with zero attached hydrogens (tertiary/aromatic N) is 9. The molecule has 0 unspecified atom stereocenters. The van der Waals surface area contributed by atoms with Gasteiger partial charge in [-0.3, -0.25) is 0 Å². The first kappa shape index (κ1) is 102. The summed E-state index contributed by atoms with van der Waals surface area (Å²) in [5, 5.41) is 9.52. The fourth-order valence-electron chi connectivity index (χ4n) is 23.4. The Labute approximate surface area is 889 Å². The summed E-state index contributed by atoms with van der Waals surface area (Å²) in [4.78, 5) is 6.90. The molecule has 0 spiro atoms. The summed E-state index contributed by atoms with van der Waals surface area (Å²) in [7, 11) is 14.1. The predicted octanol–water partition coefficient (Wildman–Crippen LogP) is 20.7. The van der Waals surface area contributed by atoms with Gasteiger partial charge in [-0.1, -0.05) is 150 Å². The van der Waals surface area contributed by atoms with Gasteiger partial charge in [0.05, 0.1) is 28.1 Å². The van der Waals surface area contributed by atoms with Crippen molar-refractivity contribution in [2.24, 2.45) is 42.3 Å². The summed E-state index contributed by atoms with van der Waals surface area (Å²) >= 11 is 0.779. The molecule has 15 heteroatoms. The van der Waals surface area contributed by atoms with Crippen molar-refractivity contribution in [1.82, 2.24) is 0 Å². The topological polar surface area (TPSA) is 42.2 Å². The van der Waals surface area contributed by atoms with Crippen molar-refractivity contribution >= 4 is 137 Å². The summed E-state index contributed by atoms with van der Waals surface area (Å²) in [5.41, 5.74) is 39.9. The van der Waals surface area contributed by atoms with Crippen molar-refractivity contribution in [3.8, 4) is 79.0 Å². The molecule has 6 aromatic heterocycles. The second-order valence-electron chi connectivity index (χ2n) is 44.0. The number of aromatic nitrogens is 6. The molecule has 18 aromatic rings. The van der Waals surface area contributed by atoms with Crippen LogP contribution in [0.2, 0.25) is 39.3 Å². The average Bonchev–Trinajstić information content (AvgIpc) is 0.715. The number of aryl methyl sites for hydroxylation is 12. The van der Waals surface area contributed by atoms with Crippen molar-refractivity contribution in [3.05, 3.63) is 432 Å². The molecule has 10 nitrogen and oxygen atoms in total. The van der Waals surface area contributed by atoms with Crippen LogP contribution in [0.4, 0.5) is 34.1 Å². The van der Waals surface area contributed by atoms with E-state index in [4.69, 9.17) is 4.74 Å². The molecule has 6 aliphatic rings. The van der Waals surface area contributed by atoms with Gasteiger partial charge in [-0.25, -0.2) is 18.3 Å². The third kappa shape index (κ3) is 18.8. The van der Waals surface area contributed by atoms with Crippen molar-refractivity contribution in [3.63, 3.8) is 0 Å². The Hall–Kier alpha value is -13.6. The number of fused-ring (bicyclic) bond motifs is 12. The van der Waals surface area contributed by atoms with Gasteiger partial charge in [0.25, 0.3) is 0 Å². The van der Waals surface area contributed by atoms with Crippen LogP contribution in [0.1, 0.15) is 108 Å². The standard InChI is InChI=1S/C24H28NSi.C23H25N2.C22H25N2Si.C22H22NSe.C21H22NSeSi.C20H19N2O/c1-17-15-20-23(16-18(17)21-12-9-10-14-25(21)4)26(5,6)22-13-8-7-11-19(22)24(20,2)3;1-16-14-19-22(15-17(16)20-11-8-9-13-24(20)4)25(5)21-12-7-6-10-18(21)23(19,2)3;1-16-14-22-20(15-17(16)18-10-8-9-13-23(18)2)24(3)19-11-6-7-12-21(19)25(22,4)5;1-15-13-18-21(14-16(15)19-10-7-8-12-23(19)4)24-20-11-6-5-9-17(20)22(18,2)3;1-15-13-21-19(14-16(15)17-9-7-8-12-22(17)2)23-18-10-5-6-11-20(18)24(21,3)4;1-14-12-20-18(13-15(14)16-8-6-7-11-21(16)2)22(3)17-9-4-5-10-19(17)23-20/h7-16H,1-6H3;2*6-15H,1-5H3;2*5-14H,1-4H3;4-13H,1-3H3/q6*+1. The predicted molar refractivity (Wildman–Crippen MR) is 626 cm³/mol. The van der Waals surface area contributed by atoms with Gasteiger partial charge >= 0.3 is 302 Å². The van der Waals surface area contributed by atoms with E-state index in [0.717, 1.165) is 22.9 Å². The Bertz CT molecular complexity index is 7900. The quantitative estimate of drug-likeness (QED) is 0.123. The molecule has 12 aromatic carbocycles. The van der Waals surface area contributed by atoms with E-state index in [1.54, 1.807) is 29.7 Å². The molecule has 0 N–H and O–H groups in total. The van der Waals surface area contributed by atoms with E-state index in [-0.39, 0.29) is 16.2 Å². The van der Waals surface area contributed by atoms with Crippen LogP contribution in [0.15, 0.2) is 365 Å². The summed E-state index contributed by atoms with van der Waals surface area (Å²) in [6, 6.07) is 120. The van der Waals surface area contributed by atoms with Crippen LogP contribution in [0.3, 0.4) is 0 Å². The Morgan fingerprint density at radius 3 is 1.06 bits per heavy atom. The number of ether oxygens (including phenoxy) is 1. The molecule has 0 aliphatic carbocycles. The maximum absolute atomic E-state index is 6.10. The summed E-state index contributed by atoms with van der Waals surface area (Å²) in [6.45, 7) is 42.5. The van der Waals surface area contributed by atoms with Crippen LogP contribution < -0.4 is 95.8 Å². The van der Waals surface area contributed by atoms with E-state index >= 15 is 0 Å². The Kier molecular flexibility index (Phi) is 27.9. The molecular weight excluding hydrogens is 1970 g/mol. The van der Waals surface area contributed by atoms with Crippen LogP contribution in [-0.2, 0) is 58.5 Å². The molecular formula is C132H141N9OSe2Si3+6. The van der Waals surface area contributed by atoms with E-state index in [1.807, 2.05) is 24.3 Å². The maximum atomic E-state index is 6.10. The zero-order valence-corrected chi connectivity index (χ0v) is 97.3. The van der Waals surface area contributed by atoms with E-state index in [1.165, 1.54) is 176 Å². The molecule has 0 radical (unpaired) electrons. The van der Waals surface area contributed by atoms with Crippen molar-refractivity contribution in [2.45, 2.75) is 139 Å². The van der Waals surface area contributed by atoms with E-state index in [0.29, 0.717) is 29.9 Å². The Morgan fingerprint density at radius 2 is 0.544 bits per heavy atom. The van der Waals surface area contributed by atoms with Crippen LogP contribution in [-0.4, -0.2) is 75.3 Å². The molecule has 0 atom stereocenters. The van der Waals surface area contributed by atoms with Crippen LogP contribution in [0.25, 0.3) is 67.5 Å². The first-order valence-corrected chi connectivity index (χ1v) is 64.0. The minimum Gasteiger partial charge on any atom is -0.201 e. The van der Waals surface area contributed by atoms with E-state index in [2.05, 4.69) is 568 Å². The maximum Gasteiger partial charge on any atom is 0.212 e. The number of hydrogen-bond acceptors (Lipinski definition) is 4. The first-order valence-electron chi connectivity index (χ1n) is 51.6. The Balaban J connectivity index is 0.000000111. The van der Waals surface area contributed by atoms with Gasteiger partial charge in [0.15, 0.2) is 36.3 Å². The fourth-order valence-corrected chi connectivity index (χ4v) is 41.4. The summed E-state index contributed by atoms with van der Waals surface area (Å²) in [5.74, 6) is 1.81. The molecule has 147 heavy (non-hydrogen) atoms. The van der Waals surface area contributed by atoms with E-state index < -0.39 is 24.2 Å². The molecule has 6 aliphatic heterocycles. The molecule has 0 bridgehead atoms. The number of anilines is 6. The smallest absolute Gasteiger partial charge is 0.201 e. The zero-order chi connectivity index (χ0) is 104. The molecule has 0 saturated heterocycles. The minimum atomic E-state index is -1.73. The van der Waals surface area contributed by atoms with Crippen molar-refractivity contribution in [1.29, 1.82) is 0 Å². The molecule has 0 amide bonds. The molecule has 0 fully saturated rings. The van der Waals surface area contributed by atoms with Gasteiger partial charge in [0.2, 0.25) is 22.8 Å². The first-order chi connectivity index (χ1) is 70.2. The number of pyridine rings is 6. The van der Waals surface area contributed by atoms with Gasteiger partial charge in [-0.05, 0) is 167 Å². The second kappa shape index (κ2) is 40.2. The molecule has 0 saturated carbocycles. The monoisotopic (exact) mass is 2110 g/mol. The molecule has 12 heterocycles. The largest absolute Gasteiger partial charge is 0.212 e. The normalized spacial score (nSPS) is 14.8. The SMILES string of the molecule is Cc1cc2c(cc1-c1cccc[n+]1C)N(C)c1ccccc1C2(C)C.Cc1cc2c(cc1-c1cccc[n+]1C)N(C)c1ccccc1O2.Cc1cc2c(cc1-c1cccc[n+]1C)N(C)c1ccccc1[Si]2(C)C.Cc1cc2c(cc1-c1cccc[n+]1C)[Se]c1ccccc1C2(C)C.Cc1cc2c(cc1-c1cccc[n+]1C)[Se]c1ccccc1[Si]2(C)C.Cc1cc2c(cc1-c1cccc[n+]1C)[Si](C)(C)c1ccccc1C2(C)C.